The molecule has 380 valence electrons. The molecular weight excluding hydrogens is 929 g/mol. The fourth-order valence-electron chi connectivity index (χ4n) is 7.34. The molecule has 0 fully saturated rings. The molecule has 6 rings (SSSR count). The van der Waals surface area contributed by atoms with Crippen LogP contribution in [0.4, 0.5) is 25.8 Å². The standard InChI is InChI=1S/C57H62N6O10/c64-52(38-42-17-5-1-6-18-42)73-63-51(26-14-16-36-59-56(68)71-40-46-21-9-3-10-22-46)54(66)61-49-33-29-44(30-34-49)37-43-27-31-48(32-28-43)60-53(65)50(62-57(69)72-41-47-23-11-4-12-24-47)25-13-15-35-58-55(67)70-39-45-19-7-2-8-20-45/h1-12,17-24,27-34,50-51,63H,13-16,25-26,35-41H2,(H,58,67)(H,59,68)(H,60,65)(H,61,66)(H,62,69)/t50-,51-/m0/s1. The fraction of sp³-hybridized carbons (Fsp3) is 0.263. The molecule has 0 aliphatic heterocycles. The number of hydrogen-bond donors (Lipinski definition) is 6. The molecule has 0 spiro atoms. The number of hydroxylamine groups is 1. The molecule has 0 saturated heterocycles. The minimum Gasteiger partial charge on any atom is -0.445 e. The monoisotopic (exact) mass is 990 g/mol. The maximum absolute atomic E-state index is 13.6. The van der Waals surface area contributed by atoms with Gasteiger partial charge < -0.3 is 45.6 Å². The zero-order valence-electron chi connectivity index (χ0n) is 40.6. The number of carbonyl (C=O) groups excluding carboxylic acids is 6. The number of unbranched alkanes of at least 4 members (excludes halogenated alkanes) is 2. The molecule has 6 N–H and O–H groups in total. The molecule has 6 aromatic rings. The lowest BCUT2D eigenvalue weighted by Gasteiger charge is -2.19. The van der Waals surface area contributed by atoms with Crippen molar-refractivity contribution in [3.8, 4) is 0 Å². The summed E-state index contributed by atoms with van der Waals surface area (Å²) in [5, 5.41) is 14.0. The number of benzene rings is 6. The van der Waals surface area contributed by atoms with E-state index in [0.717, 1.165) is 33.4 Å². The van der Waals surface area contributed by atoms with E-state index in [0.29, 0.717) is 63.0 Å². The maximum atomic E-state index is 13.6. The van der Waals surface area contributed by atoms with Crippen LogP contribution in [0, 0.1) is 0 Å². The van der Waals surface area contributed by atoms with Gasteiger partial charge >= 0.3 is 24.2 Å². The summed E-state index contributed by atoms with van der Waals surface area (Å²) in [7, 11) is 0. The largest absolute Gasteiger partial charge is 0.445 e. The third-order valence-corrected chi connectivity index (χ3v) is 11.3. The molecule has 0 aliphatic rings. The number of nitrogens with one attached hydrogen (secondary N) is 6. The number of ether oxygens (including phenoxy) is 3. The highest BCUT2D eigenvalue weighted by molar-refractivity contribution is 5.96. The van der Waals surface area contributed by atoms with Crippen molar-refractivity contribution in [2.75, 3.05) is 23.7 Å². The van der Waals surface area contributed by atoms with E-state index in [2.05, 4.69) is 32.1 Å². The average molecular weight is 991 g/mol. The van der Waals surface area contributed by atoms with Crippen molar-refractivity contribution in [3.05, 3.63) is 203 Å². The molecule has 0 aromatic heterocycles. The van der Waals surface area contributed by atoms with Crippen molar-refractivity contribution in [2.45, 2.75) is 83.3 Å². The second kappa shape index (κ2) is 30.3. The zero-order chi connectivity index (χ0) is 51.3. The Morgan fingerprint density at radius 3 is 1.22 bits per heavy atom. The molecule has 2 atom stereocenters. The molecule has 0 aliphatic carbocycles. The molecule has 16 heteroatoms. The quantitative estimate of drug-likeness (QED) is 0.0163. The van der Waals surface area contributed by atoms with E-state index in [1.165, 1.54) is 0 Å². The molecule has 0 saturated carbocycles. The van der Waals surface area contributed by atoms with E-state index in [9.17, 15) is 28.8 Å². The molecule has 16 nitrogen and oxygen atoms in total. The second-order valence-electron chi connectivity index (χ2n) is 17.1. The lowest BCUT2D eigenvalue weighted by Crippen LogP contribution is -2.44. The van der Waals surface area contributed by atoms with Gasteiger partial charge in [0, 0.05) is 24.5 Å². The predicted molar refractivity (Wildman–Crippen MR) is 277 cm³/mol. The lowest BCUT2D eigenvalue weighted by molar-refractivity contribution is -0.153. The highest BCUT2D eigenvalue weighted by atomic mass is 16.7. The van der Waals surface area contributed by atoms with Crippen molar-refractivity contribution >= 4 is 47.4 Å². The van der Waals surface area contributed by atoms with Gasteiger partial charge in [0.25, 0.3) is 0 Å². The van der Waals surface area contributed by atoms with Crippen LogP contribution in [0.25, 0.3) is 0 Å². The number of hydrogen-bond acceptors (Lipinski definition) is 11. The Labute approximate surface area is 425 Å². The van der Waals surface area contributed by atoms with Gasteiger partial charge in [-0.05, 0) is 103 Å². The summed E-state index contributed by atoms with van der Waals surface area (Å²) in [5.41, 5.74) is 9.00. The van der Waals surface area contributed by atoms with Crippen molar-refractivity contribution in [3.63, 3.8) is 0 Å². The first kappa shape index (κ1) is 53.8. The van der Waals surface area contributed by atoms with E-state index in [1.54, 1.807) is 24.3 Å². The van der Waals surface area contributed by atoms with Crippen LogP contribution in [0.1, 0.15) is 71.9 Å². The van der Waals surface area contributed by atoms with Gasteiger partial charge in [-0.2, -0.15) is 0 Å². The smallest absolute Gasteiger partial charge is 0.408 e. The first-order valence-electron chi connectivity index (χ1n) is 24.3. The summed E-state index contributed by atoms with van der Waals surface area (Å²) in [4.78, 5) is 82.4. The average Bonchev–Trinajstić information content (AvgIpc) is 3.41. The Kier molecular flexibility index (Phi) is 22.3. The molecule has 5 amide bonds. The van der Waals surface area contributed by atoms with E-state index < -0.39 is 48.1 Å². The molecule has 6 aromatic carbocycles. The first-order chi connectivity index (χ1) is 35.6. The predicted octanol–water partition coefficient (Wildman–Crippen LogP) is 9.30. The Balaban J connectivity index is 0.966. The van der Waals surface area contributed by atoms with Gasteiger partial charge in [0.05, 0.1) is 6.42 Å². The number of carbonyl (C=O) groups is 6. The second-order valence-corrected chi connectivity index (χ2v) is 17.1. The van der Waals surface area contributed by atoms with Crippen LogP contribution in [-0.4, -0.2) is 61.2 Å². The first-order valence-corrected chi connectivity index (χ1v) is 24.3. The van der Waals surface area contributed by atoms with Crippen LogP contribution in [0.5, 0.6) is 0 Å². The van der Waals surface area contributed by atoms with Crippen LogP contribution < -0.4 is 32.1 Å². The molecule has 0 unspecified atom stereocenters. The number of alkyl carbamates (subject to hydrolysis) is 3. The molecular formula is C57H62N6O10. The third-order valence-electron chi connectivity index (χ3n) is 11.3. The summed E-state index contributed by atoms with van der Waals surface area (Å²) in [5.74, 6) is -1.36. The summed E-state index contributed by atoms with van der Waals surface area (Å²) in [6.07, 6.45) is 1.49. The van der Waals surface area contributed by atoms with Gasteiger partial charge in [-0.25, -0.2) is 14.4 Å². The number of amides is 5. The number of anilines is 2. The minimum absolute atomic E-state index is 0.0274. The minimum atomic E-state index is -0.919. The third kappa shape index (κ3) is 20.8. The van der Waals surface area contributed by atoms with Crippen molar-refractivity contribution in [1.82, 2.24) is 21.4 Å². The fourth-order valence-corrected chi connectivity index (χ4v) is 7.34. The van der Waals surface area contributed by atoms with Crippen LogP contribution in [0.3, 0.4) is 0 Å². The maximum Gasteiger partial charge on any atom is 0.408 e. The molecule has 73 heavy (non-hydrogen) atoms. The van der Waals surface area contributed by atoms with Crippen LogP contribution >= 0.6 is 0 Å². The lowest BCUT2D eigenvalue weighted by atomic mass is 10.0. The van der Waals surface area contributed by atoms with Crippen LogP contribution in [0.15, 0.2) is 170 Å². The SMILES string of the molecule is O=C(Cc1ccccc1)ON[C@@H](CCCCNC(=O)OCc1ccccc1)C(=O)Nc1ccc(Cc2ccc(NC(=O)[C@H](CCCCNC(=O)OCc3ccccc3)NC(=O)OCc3ccccc3)cc2)cc1. The van der Waals surface area contributed by atoms with E-state index in [-0.39, 0.29) is 32.7 Å². The van der Waals surface area contributed by atoms with E-state index >= 15 is 0 Å². The van der Waals surface area contributed by atoms with Gasteiger partial charge in [-0.1, -0.05) is 146 Å². The topological polar surface area (TPSA) is 212 Å². The Morgan fingerprint density at radius 1 is 0.397 bits per heavy atom. The summed E-state index contributed by atoms with van der Waals surface area (Å²) in [6.45, 7) is 1.00. The van der Waals surface area contributed by atoms with Gasteiger partial charge in [0.2, 0.25) is 11.8 Å². The summed E-state index contributed by atoms with van der Waals surface area (Å²) < 4.78 is 16.0. The van der Waals surface area contributed by atoms with Crippen molar-refractivity contribution < 1.29 is 47.8 Å². The Morgan fingerprint density at radius 2 is 0.781 bits per heavy atom. The normalized spacial score (nSPS) is 11.5. The van der Waals surface area contributed by atoms with Crippen LogP contribution in [-0.2, 0) is 66.1 Å². The molecule has 0 heterocycles. The van der Waals surface area contributed by atoms with Gasteiger partial charge in [0.1, 0.15) is 31.9 Å². The Bertz CT molecular complexity index is 2630. The van der Waals surface area contributed by atoms with Gasteiger partial charge in [-0.3, -0.25) is 14.4 Å². The van der Waals surface area contributed by atoms with Crippen LogP contribution in [0.2, 0.25) is 0 Å². The number of rotatable bonds is 27. The zero-order valence-corrected chi connectivity index (χ0v) is 40.6. The molecule has 0 radical (unpaired) electrons. The van der Waals surface area contributed by atoms with Gasteiger partial charge in [-0.15, -0.1) is 5.48 Å². The van der Waals surface area contributed by atoms with E-state index in [1.807, 2.05) is 146 Å². The summed E-state index contributed by atoms with van der Waals surface area (Å²) >= 11 is 0. The van der Waals surface area contributed by atoms with Crippen molar-refractivity contribution in [2.24, 2.45) is 0 Å². The summed E-state index contributed by atoms with van der Waals surface area (Å²) in [6, 6.07) is 50.0. The highest BCUT2D eigenvalue weighted by Gasteiger charge is 2.23. The highest BCUT2D eigenvalue weighted by Crippen LogP contribution is 2.18. The van der Waals surface area contributed by atoms with E-state index in [4.69, 9.17) is 19.0 Å². The van der Waals surface area contributed by atoms with Gasteiger partial charge in [0.15, 0.2) is 0 Å². The Hall–Kier alpha value is -8.50. The van der Waals surface area contributed by atoms with Crippen molar-refractivity contribution in [1.29, 1.82) is 0 Å². The molecule has 0 bridgehead atoms.